The molecule has 3 heteroatoms. The van der Waals surface area contributed by atoms with Gasteiger partial charge in [-0.3, -0.25) is 4.79 Å². The Balaban J connectivity index is 2.06. The topological polar surface area (TPSA) is 44.1 Å². The third-order valence-electron chi connectivity index (χ3n) is 3.40. The summed E-state index contributed by atoms with van der Waals surface area (Å²) in [7, 11) is 0. The van der Waals surface area contributed by atoms with Gasteiger partial charge < -0.3 is 4.90 Å². The molecule has 0 bridgehead atoms. The van der Waals surface area contributed by atoms with E-state index in [4.69, 9.17) is 5.26 Å². The van der Waals surface area contributed by atoms with Gasteiger partial charge in [0.2, 0.25) is 0 Å². The van der Waals surface area contributed by atoms with Gasteiger partial charge in [0.1, 0.15) is 6.29 Å². The highest BCUT2D eigenvalue weighted by atomic mass is 16.1. The molecule has 0 aliphatic heterocycles. The molecule has 0 radical (unpaired) electrons. The Morgan fingerprint density at radius 1 is 1.00 bits per heavy atom. The summed E-state index contributed by atoms with van der Waals surface area (Å²) in [5.41, 5.74) is 3.00. The number of hydrogen-bond acceptors (Lipinski definition) is 3. The maximum absolute atomic E-state index is 10.7. The summed E-state index contributed by atoms with van der Waals surface area (Å²) in [6, 6.07) is 20.0. The van der Waals surface area contributed by atoms with Crippen molar-refractivity contribution in [2.45, 2.75) is 12.8 Å². The lowest BCUT2D eigenvalue weighted by Crippen LogP contribution is -2.26. The molecule has 0 saturated heterocycles. The number of anilines is 1. The Bertz CT molecular complexity index is 599. The molecule has 0 fully saturated rings. The monoisotopic (exact) mass is 278 g/mol. The molecule has 0 spiro atoms. The molecule has 0 N–H and O–H groups in total. The molecule has 0 unspecified atom stereocenters. The fourth-order valence-electron chi connectivity index (χ4n) is 2.23. The molecule has 3 nitrogen and oxygen atoms in total. The van der Waals surface area contributed by atoms with E-state index in [0.29, 0.717) is 18.5 Å². The highest BCUT2D eigenvalue weighted by Gasteiger charge is 2.06. The van der Waals surface area contributed by atoms with Crippen molar-refractivity contribution in [1.82, 2.24) is 0 Å². The molecule has 0 aromatic heterocycles. The number of nitriles is 1. The van der Waals surface area contributed by atoms with E-state index in [9.17, 15) is 4.79 Å². The van der Waals surface area contributed by atoms with Gasteiger partial charge in [-0.1, -0.05) is 30.3 Å². The summed E-state index contributed by atoms with van der Waals surface area (Å²) >= 11 is 0. The van der Waals surface area contributed by atoms with Crippen LogP contribution in [0.2, 0.25) is 0 Å². The number of benzene rings is 2. The Hall–Kier alpha value is -2.60. The SMILES string of the molecule is N#CCCN(CCc1ccccc1)c1ccc(C=O)cc1. The van der Waals surface area contributed by atoms with Crippen molar-refractivity contribution in [2.24, 2.45) is 0 Å². The number of carbonyl (C=O) groups excluding carboxylic acids is 1. The van der Waals surface area contributed by atoms with Gasteiger partial charge in [0.15, 0.2) is 0 Å². The number of rotatable bonds is 7. The first-order valence-corrected chi connectivity index (χ1v) is 7.04. The first-order valence-electron chi connectivity index (χ1n) is 7.04. The van der Waals surface area contributed by atoms with Crippen LogP contribution in [0, 0.1) is 11.3 Å². The van der Waals surface area contributed by atoms with Crippen molar-refractivity contribution >= 4 is 12.0 Å². The van der Waals surface area contributed by atoms with Crippen LogP contribution in [0.4, 0.5) is 5.69 Å². The lowest BCUT2D eigenvalue weighted by molar-refractivity contribution is 0.112. The van der Waals surface area contributed by atoms with Crippen LogP contribution in [0.15, 0.2) is 54.6 Å². The fraction of sp³-hybridized carbons (Fsp3) is 0.222. The van der Waals surface area contributed by atoms with Crippen molar-refractivity contribution in [1.29, 1.82) is 5.26 Å². The van der Waals surface area contributed by atoms with E-state index in [2.05, 4.69) is 23.1 Å². The Labute approximate surface area is 125 Å². The highest BCUT2D eigenvalue weighted by Crippen LogP contribution is 2.16. The van der Waals surface area contributed by atoms with E-state index in [1.54, 1.807) is 0 Å². The average molecular weight is 278 g/mol. The van der Waals surface area contributed by atoms with Gasteiger partial charge in [-0.2, -0.15) is 5.26 Å². The number of hydrogen-bond donors (Lipinski definition) is 0. The molecule has 2 aromatic rings. The molecular weight excluding hydrogens is 260 g/mol. The summed E-state index contributed by atoms with van der Waals surface area (Å²) in [6.07, 6.45) is 2.26. The van der Waals surface area contributed by atoms with Crippen LogP contribution < -0.4 is 4.90 Å². The van der Waals surface area contributed by atoms with Crippen LogP contribution in [-0.2, 0) is 6.42 Å². The summed E-state index contributed by atoms with van der Waals surface area (Å²) < 4.78 is 0. The van der Waals surface area contributed by atoms with E-state index in [1.165, 1.54) is 5.56 Å². The largest absolute Gasteiger partial charge is 0.370 e. The second-order valence-electron chi connectivity index (χ2n) is 4.84. The van der Waals surface area contributed by atoms with Crippen molar-refractivity contribution in [3.8, 4) is 6.07 Å². The van der Waals surface area contributed by atoms with Crippen LogP contribution in [0.25, 0.3) is 0 Å². The van der Waals surface area contributed by atoms with Crippen molar-refractivity contribution in [2.75, 3.05) is 18.0 Å². The van der Waals surface area contributed by atoms with Crippen LogP contribution in [0.1, 0.15) is 22.3 Å². The standard InChI is InChI=1S/C18H18N2O/c19-12-4-13-20(14-11-16-5-2-1-3-6-16)18-9-7-17(15-21)8-10-18/h1-3,5-10,15H,4,11,13-14H2. The first-order chi connectivity index (χ1) is 10.3. The number of aldehydes is 1. The normalized spacial score (nSPS) is 9.86. The van der Waals surface area contributed by atoms with E-state index >= 15 is 0 Å². The summed E-state index contributed by atoms with van der Waals surface area (Å²) in [6.45, 7) is 1.55. The molecule has 0 atom stereocenters. The maximum atomic E-state index is 10.7. The minimum absolute atomic E-state index is 0.490. The van der Waals surface area contributed by atoms with E-state index in [1.807, 2.05) is 42.5 Å². The summed E-state index contributed by atoms with van der Waals surface area (Å²) in [4.78, 5) is 12.9. The second-order valence-corrected chi connectivity index (χ2v) is 4.84. The third-order valence-corrected chi connectivity index (χ3v) is 3.40. The average Bonchev–Trinajstić information content (AvgIpc) is 2.56. The van der Waals surface area contributed by atoms with Crippen LogP contribution in [0.5, 0.6) is 0 Å². The van der Waals surface area contributed by atoms with E-state index in [-0.39, 0.29) is 0 Å². The van der Waals surface area contributed by atoms with Gasteiger partial charge in [0.05, 0.1) is 12.5 Å². The zero-order chi connectivity index (χ0) is 14.9. The van der Waals surface area contributed by atoms with Gasteiger partial charge in [-0.05, 0) is 36.2 Å². The summed E-state index contributed by atoms with van der Waals surface area (Å²) in [5.74, 6) is 0. The lowest BCUT2D eigenvalue weighted by Gasteiger charge is -2.24. The molecule has 21 heavy (non-hydrogen) atoms. The quantitative estimate of drug-likeness (QED) is 0.728. The van der Waals surface area contributed by atoms with Gasteiger partial charge >= 0.3 is 0 Å². The van der Waals surface area contributed by atoms with Crippen LogP contribution in [-0.4, -0.2) is 19.4 Å². The first kappa shape index (κ1) is 14.8. The Morgan fingerprint density at radius 3 is 2.33 bits per heavy atom. The minimum atomic E-state index is 0.490. The lowest BCUT2D eigenvalue weighted by atomic mass is 10.1. The number of carbonyl (C=O) groups is 1. The van der Waals surface area contributed by atoms with Crippen LogP contribution >= 0.6 is 0 Å². The Kier molecular flexibility index (Phi) is 5.54. The highest BCUT2D eigenvalue weighted by molar-refractivity contribution is 5.75. The molecule has 0 aliphatic rings. The molecule has 0 heterocycles. The van der Waals surface area contributed by atoms with Gasteiger partial charge in [0, 0.05) is 24.3 Å². The van der Waals surface area contributed by atoms with Gasteiger partial charge in [-0.15, -0.1) is 0 Å². The smallest absolute Gasteiger partial charge is 0.150 e. The molecule has 2 rings (SSSR count). The zero-order valence-corrected chi connectivity index (χ0v) is 11.9. The molecule has 0 aliphatic carbocycles. The molecule has 0 saturated carbocycles. The predicted octanol–water partition coefficient (Wildman–Crippen LogP) is 3.46. The van der Waals surface area contributed by atoms with Crippen LogP contribution in [0.3, 0.4) is 0 Å². The van der Waals surface area contributed by atoms with E-state index in [0.717, 1.165) is 24.9 Å². The second kappa shape index (κ2) is 7.86. The third kappa shape index (κ3) is 4.47. The van der Waals surface area contributed by atoms with Crippen molar-refractivity contribution in [3.63, 3.8) is 0 Å². The zero-order valence-electron chi connectivity index (χ0n) is 11.9. The molecule has 0 amide bonds. The fourth-order valence-corrected chi connectivity index (χ4v) is 2.23. The number of nitrogens with zero attached hydrogens (tertiary/aromatic N) is 2. The van der Waals surface area contributed by atoms with Crippen molar-refractivity contribution < 1.29 is 4.79 Å². The summed E-state index contributed by atoms with van der Waals surface area (Å²) in [5, 5.41) is 8.81. The molecular formula is C18H18N2O. The van der Waals surface area contributed by atoms with Gasteiger partial charge in [0.25, 0.3) is 0 Å². The minimum Gasteiger partial charge on any atom is -0.370 e. The molecule has 106 valence electrons. The van der Waals surface area contributed by atoms with Crippen molar-refractivity contribution in [3.05, 3.63) is 65.7 Å². The van der Waals surface area contributed by atoms with Gasteiger partial charge in [-0.25, -0.2) is 0 Å². The van der Waals surface area contributed by atoms with E-state index < -0.39 is 0 Å². The Morgan fingerprint density at radius 2 is 1.71 bits per heavy atom. The maximum Gasteiger partial charge on any atom is 0.150 e. The molecule has 2 aromatic carbocycles. The predicted molar refractivity (Wildman–Crippen MR) is 84.4 cm³/mol.